The molecule has 7 nitrogen and oxygen atoms in total. The summed E-state index contributed by atoms with van der Waals surface area (Å²) in [5.74, 6) is 1.04. The lowest BCUT2D eigenvalue weighted by Crippen LogP contribution is -2.48. The Labute approximate surface area is 162 Å². The van der Waals surface area contributed by atoms with E-state index in [-0.39, 0.29) is 6.03 Å². The van der Waals surface area contributed by atoms with Crippen molar-refractivity contribution < 1.29 is 4.79 Å². The lowest BCUT2D eigenvalue weighted by molar-refractivity contribution is 0.174. The highest BCUT2D eigenvalue weighted by Crippen LogP contribution is 2.32. The molecule has 1 aliphatic heterocycles. The average molecular weight is 375 g/mol. The number of rotatable bonds is 8. The number of hydrogen-bond donors (Lipinski definition) is 4. The van der Waals surface area contributed by atoms with Crippen molar-refractivity contribution in [2.45, 2.75) is 72.1 Å². The summed E-state index contributed by atoms with van der Waals surface area (Å²) in [5, 5.41) is 11.7. The number of carbonyl (C=O) groups is 1. The van der Waals surface area contributed by atoms with Crippen molar-refractivity contribution in [3.05, 3.63) is 29.3 Å². The maximum absolute atomic E-state index is 12.5. The third kappa shape index (κ3) is 6.13. The zero-order chi connectivity index (χ0) is 19.8. The molecule has 150 valence electrons. The van der Waals surface area contributed by atoms with E-state index >= 15 is 0 Å². The molecule has 1 aromatic carbocycles. The fraction of sp³-hybridized carbons (Fsp3) is 0.600. The predicted octanol–water partition coefficient (Wildman–Crippen LogP) is 4.23. The van der Waals surface area contributed by atoms with Crippen LogP contribution >= 0.6 is 0 Å². The largest absolute Gasteiger partial charge is 0.326 e. The van der Waals surface area contributed by atoms with Crippen LogP contribution in [-0.2, 0) is 0 Å². The topological polar surface area (TPSA) is 80.8 Å². The first-order chi connectivity index (χ1) is 12.9. The van der Waals surface area contributed by atoms with Crippen LogP contribution < -0.4 is 21.6 Å². The van der Waals surface area contributed by atoms with Gasteiger partial charge in [0.2, 0.25) is 5.96 Å². The summed E-state index contributed by atoms with van der Waals surface area (Å²) in [6, 6.07) is 5.89. The smallest absolute Gasteiger partial charge is 0.307 e. The van der Waals surface area contributed by atoms with Crippen LogP contribution in [0.15, 0.2) is 23.3 Å². The molecule has 0 spiro atoms. The molecule has 0 aliphatic carbocycles. The van der Waals surface area contributed by atoms with Gasteiger partial charge < -0.3 is 5.32 Å². The van der Waals surface area contributed by atoms with Gasteiger partial charge in [0, 0.05) is 12.2 Å². The van der Waals surface area contributed by atoms with Crippen LogP contribution in [0.25, 0.3) is 0 Å². The SMILES string of the molecule is CCCCCCN1NN=C(NC(=O)Nc2c(C(C)C)cccc2C(C)C)N1. The third-order valence-electron chi connectivity index (χ3n) is 4.60. The van der Waals surface area contributed by atoms with Gasteiger partial charge in [-0.15, -0.1) is 10.2 Å². The van der Waals surface area contributed by atoms with E-state index in [2.05, 4.69) is 79.5 Å². The van der Waals surface area contributed by atoms with Crippen molar-refractivity contribution in [2.75, 3.05) is 11.9 Å². The number of nitrogens with zero attached hydrogens (tertiary/aromatic N) is 2. The first kappa shape index (κ1) is 21.0. The minimum Gasteiger partial charge on any atom is -0.307 e. The van der Waals surface area contributed by atoms with Gasteiger partial charge in [-0.05, 0) is 29.4 Å². The summed E-state index contributed by atoms with van der Waals surface area (Å²) in [6.07, 6.45) is 4.70. The van der Waals surface area contributed by atoms with E-state index in [0.29, 0.717) is 17.8 Å². The molecule has 0 fully saturated rings. The van der Waals surface area contributed by atoms with E-state index in [4.69, 9.17) is 0 Å². The van der Waals surface area contributed by atoms with Gasteiger partial charge >= 0.3 is 6.03 Å². The Kier molecular flexibility index (Phi) is 7.91. The predicted molar refractivity (Wildman–Crippen MR) is 111 cm³/mol. The molecular weight excluding hydrogens is 340 g/mol. The van der Waals surface area contributed by atoms with Gasteiger partial charge in [0.15, 0.2) is 0 Å². The van der Waals surface area contributed by atoms with E-state index < -0.39 is 0 Å². The maximum atomic E-state index is 12.5. The zero-order valence-electron chi connectivity index (χ0n) is 17.2. The molecule has 0 aromatic heterocycles. The van der Waals surface area contributed by atoms with Crippen molar-refractivity contribution >= 4 is 17.7 Å². The molecule has 27 heavy (non-hydrogen) atoms. The number of para-hydroxylation sites is 1. The minimum atomic E-state index is -0.300. The van der Waals surface area contributed by atoms with E-state index in [1.165, 1.54) is 19.3 Å². The molecule has 1 aliphatic rings. The molecule has 0 radical (unpaired) electrons. The Morgan fingerprint density at radius 2 is 1.74 bits per heavy atom. The molecule has 7 heteroatoms. The second kappa shape index (κ2) is 10.2. The van der Waals surface area contributed by atoms with Gasteiger partial charge in [0.25, 0.3) is 0 Å². The third-order valence-corrected chi connectivity index (χ3v) is 4.60. The number of urea groups is 1. The molecule has 2 rings (SSSR count). The second-order valence-electron chi connectivity index (χ2n) is 7.58. The molecule has 1 heterocycles. The number of hydrogen-bond acceptors (Lipinski definition) is 5. The molecular formula is C20H34N6O. The number of amides is 2. The van der Waals surface area contributed by atoms with Gasteiger partial charge in [-0.1, -0.05) is 72.1 Å². The fourth-order valence-corrected chi connectivity index (χ4v) is 3.09. The zero-order valence-corrected chi connectivity index (χ0v) is 17.2. The summed E-state index contributed by atoms with van der Waals surface area (Å²) >= 11 is 0. The fourth-order valence-electron chi connectivity index (χ4n) is 3.09. The van der Waals surface area contributed by atoms with Crippen LogP contribution in [0.3, 0.4) is 0 Å². The summed E-state index contributed by atoms with van der Waals surface area (Å²) in [4.78, 5) is 12.5. The Balaban J connectivity index is 1.93. The number of hydrazine groups is 2. The van der Waals surface area contributed by atoms with Gasteiger partial charge in [-0.3, -0.25) is 10.7 Å². The number of hydrazone groups is 1. The van der Waals surface area contributed by atoms with Crippen LogP contribution in [0, 0.1) is 0 Å². The summed E-state index contributed by atoms with van der Waals surface area (Å²) in [5.41, 5.74) is 9.10. The average Bonchev–Trinajstić information content (AvgIpc) is 3.05. The maximum Gasteiger partial charge on any atom is 0.326 e. The number of carbonyl (C=O) groups excluding carboxylic acids is 1. The molecule has 0 atom stereocenters. The summed E-state index contributed by atoms with van der Waals surface area (Å²) < 4.78 is 0. The standard InChI is InChI=1S/C20H34N6O/c1-6-7-8-9-13-26-24-19(23-25-26)22-20(27)21-18-16(14(2)3)11-10-12-17(18)15(4)5/h10-12,14-15,25H,6-9,13H2,1-5H3,(H3,21,22,23,24,27). The molecule has 1 aromatic rings. The molecule has 0 saturated carbocycles. The van der Waals surface area contributed by atoms with Crippen LogP contribution in [0.1, 0.15) is 83.3 Å². The van der Waals surface area contributed by atoms with Crippen molar-refractivity contribution in [3.8, 4) is 0 Å². The van der Waals surface area contributed by atoms with Gasteiger partial charge in [-0.25, -0.2) is 10.3 Å². The van der Waals surface area contributed by atoms with Gasteiger partial charge in [-0.2, -0.15) is 0 Å². The van der Waals surface area contributed by atoms with E-state index in [1.54, 1.807) is 5.12 Å². The number of anilines is 1. The van der Waals surface area contributed by atoms with E-state index in [9.17, 15) is 4.79 Å². The van der Waals surface area contributed by atoms with Gasteiger partial charge in [0.1, 0.15) is 0 Å². The monoisotopic (exact) mass is 374 g/mol. The van der Waals surface area contributed by atoms with Crippen LogP contribution in [-0.4, -0.2) is 23.7 Å². The highest BCUT2D eigenvalue weighted by molar-refractivity contribution is 6.03. The normalized spacial score (nSPS) is 14.1. The molecule has 0 bridgehead atoms. The van der Waals surface area contributed by atoms with E-state index in [1.807, 2.05) is 0 Å². The van der Waals surface area contributed by atoms with Crippen LogP contribution in [0.2, 0.25) is 0 Å². The van der Waals surface area contributed by atoms with E-state index in [0.717, 1.165) is 29.8 Å². The number of nitrogens with one attached hydrogen (secondary N) is 4. The molecule has 0 saturated heterocycles. The van der Waals surface area contributed by atoms with Gasteiger partial charge in [0.05, 0.1) is 0 Å². The van der Waals surface area contributed by atoms with Crippen molar-refractivity contribution in [2.24, 2.45) is 5.10 Å². The molecule has 2 amide bonds. The first-order valence-electron chi connectivity index (χ1n) is 10.0. The Hall–Kier alpha value is -2.28. The number of benzene rings is 1. The van der Waals surface area contributed by atoms with Crippen LogP contribution in [0.5, 0.6) is 0 Å². The molecule has 4 N–H and O–H groups in total. The summed E-state index contributed by atoms with van der Waals surface area (Å²) in [7, 11) is 0. The minimum absolute atomic E-state index is 0.300. The quantitative estimate of drug-likeness (QED) is 0.513. The number of guanidine groups is 1. The van der Waals surface area contributed by atoms with Crippen molar-refractivity contribution in [3.63, 3.8) is 0 Å². The highest BCUT2D eigenvalue weighted by Gasteiger charge is 2.19. The Bertz CT molecular complexity index is 630. The number of unbranched alkanes of at least 4 members (excludes halogenated alkanes) is 3. The van der Waals surface area contributed by atoms with Crippen molar-refractivity contribution in [1.82, 2.24) is 21.4 Å². The summed E-state index contributed by atoms with van der Waals surface area (Å²) in [6.45, 7) is 11.5. The van der Waals surface area contributed by atoms with Crippen molar-refractivity contribution in [1.29, 1.82) is 0 Å². The molecule has 0 unspecified atom stereocenters. The second-order valence-corrected chi connectivity index (χ2v) is 7.58. The first-order valence-corrected chi connectivity index (χ1v) is 10.0. The lowest BCUT2D eigenvalue weighted by atomic mass is 9.93. The van der Waals surface area contributed by atoms with Crippen LogP contribution in [0.4, 0.5) is 10.5 Å². The lowest BCUT2D eigenvalue weighted by Gasteiger charge is -2.20. The highest BCUT2D eigenvalue weighted by atomic mass is 16.2. The Morgan fingerprint density at radius 3 is 2.33 bits per heavy atom. The Morgan fingerprint density at radius 1 is 1.07 bits per heavy atom.